The first-order valence-corrected chi connectivity index (χ1v) is 0.775. The van der Waals surface area contributed by atoms with Crippen molar-refractivity contribution in [2.75, 3.05) is 0 Å². The summed E-state index contributed by atoms with van der Waals surface area (Å²) in [6.07, 6.45) is 0. The van der Waals surface area contributed by atoms with Crippen LogP contribution in [0.3, 0.4) is 0 Å². The van der Waals surface area contributed by atoms with Gasteiger partial charge in [0.05, 0.1) is 0 Å². The SMILES string of the molecule is OB(O)O.[Br-].[Li+]. The Kier molecular flexibility index (Phi) is 24.6. The van der Waals surface area contributed by atoms with Crippen LogP contribution in [0.1, 0.15) is 0 Å². The van der Waals surface area contributed by atoms with Gasteiger partial charge in [0.25, 0.3) is 0 Å². The molecule has 3 N–H and O–H groups in total. The maximum Gasteiger partial charge on any atom is 1.00 e. The Labute approximate surface area is 58.5 Å². The quantitative estimate of drug-likeness (QED) is 0.299. The fraction of sp³-hybridized carbons (Fsp3) is 0. The molecule has 0 aromatic rings. The van der Waals surface area contributed by atoms with E-state index in [4.69, 9.17) is 15.1 Å². The standard InChI is InChI=1S/BH3O3.BrH.Li/c2-1(3)4;;/h2-4H;1H;/q;;+1/p-1. The van der Waals surface area contributed by atoms with Crippen LogP contribution in [0.15, 0.2) is 0 Å². The van der Waals surface area contributed by atoms with E-state index in [2.05, 4.69) is 0 Å². The third-order valence-corrected chi connectivity index (χ3v) is 0. The van der Waals surface area contributed by atoms with E-state index in [1.165, 1.54) is 0 Å². The van der Waals surface area contributed by atoms with Gasteiger partial charge in [0.1, 0.15) is 0 Å². The number of hydrogen-bond donors (Lipinski definition) is 3. The molecule has 0 saturated carbocycles. The Hall–Kier alpha value is 1.02. The molecule has 32 valence electrons. The van der Waals surface area contributed by atoms with Crippen LogP contribution >= 0.6 is 0 Å². The summed E-state index contributed by atoms with van der Waals surface area (Å²) < 4.78 is 0. The molecule has 0 bridgehead atoms. The Balaban J connectivity index is -0.0000000450. The van der Waals surface area contributed by atoms with Crippen LogP contribution in [0, 0.1) is 0 Å². The summed E-state index contributed by atoms with van der Waals surface area (Å²) >= 11 is 0. The van der Waals surface area contributed by atoms with Gasteiger partial charge >= 0.3 is 26.2 Å². The van der Waals surface area contributed by atoms with Crippen LogP contribution in [-0.4, -0.2) is 22.4 Å². The molecular formula is H3BBrLiO3. The second-order valence-corrected chi connectivity index (χ2v) is 0.346. The molecule has 0 radical (unpaired) electrons. The number of hydrogen-bond acceptors (Lipinski definition) is 3. The van der Waals surface area contributed by atoms with E-state index >= 15 is 0 Å². The van der Waals surface area contributed by atoms with Crippen molar-refractivity contribution in [1.29, 1.82) is 0 Å². The van der Waals surface area contributed by atoms with Gasteiger partial charge in [-0.05, 0) is 0 Å². The summed E-state index contributed by atoms with van der Waals surface area (Å²) in [5, 5.41) is 21.5. The summed E-state index contributed by atoms with van der Waals surface area (Å²) in [5.41, 5.74) is 0. The van der Waals surface area contributed by atoms with E-state index in [-0.39, 0.29) is 35.8 Å². The zero-order valence-corrected chi connectivity index (χ0v) is 4.88. The van der Waals surface area contributed by atoms with Crippen LogP contribution in [-0.2, 0) is 0 Å². The van der Waals surface area contributed by atoms with Gasteiger partial charge in [-0.25, -0.2) is 0 Å². The van der Waals surface area contributed by atoms with Crippen molar-refractivity contribution in [3.8, 4) is 0 Å². The minimum atomic E-state index is -2.17. The Bertz CT molecular complexity index is 15.5. The molecule has 0 aliphatic heterocycles. The van der Waals surface area contributed by atoms with E-state index in [1.54, 1.807) is 0 Å². The normalized spacial score (nSPS) is 4.50. The molecule has 0 atom stereocenters. The van der Waals surface area contributed by atoms with Crippen molar-refractivity contribution in [2.24, 2.45) is 0 Å². The second-order valence-electron chi connectivity index (χ2n) is 0.346. The minimum Gasteiger partial charge on any atom is -1.00 e. The van der Waals surface area contributed by atoms with E-state index in [9.17, 15) is 0 Å². The van der Waals surface area contributed by atoms with Gasteiger partial charge in [0, 0.05) is 0 Å². The number of halogens is 1. The largest absolute Gasteiger partial charge is 1.00 e. The molecule has 0 heterocycles. The van der Waals surface area contributed by atoms with E-state index in [0.717, 1.165) is 0 Å². The molecule has 0 aromatic heterocycles. The van der Waals surface area contributed by atoms with Crippen molar-refractivity contribution >= 4 is 7.32 Å². The van der Waals surface area contributed by atoms with Crippen LogP contribution in [0.5, 0.6) is 0 Å². The van der Waals surface area contributed by atoms with Gasteiger partial charge in [-0.1, -0.05) is 0 Å². The van der Waals surface area contributed by atoms with Crippen molar-refractivity contribution in [3.05, 3.63) is 0 Å². The van der Waals surface area contributed by atoms with Gasteiger partial charge in [0.2, 0.25) is 0 Å². The molecule has 0 amide bonds. The molecule has 6 heteroatoms. The molecule has 3 nitrogen and oxygen atoms in total. The van der Waals surface area contributed by atoms with Crippen LogP contribution < -0.4 is 35.8 Å². The third kappa shape index (κ3) is 77.7. The molecule has 0 unspecified atom stereocenters. The minimum absolute atomic E-state index is 0. The molecule has 6 heavy (non-hydrogen) atoms. The van der Waals surface area contributed by atoms with Crippen LogP contribution in [0.25, 0.3) is 0 Å². The molecule has 0 aliphatic rings. The van der Waals surface area contributed by atoms with Crippen LogP contribution in [0.2, 0.25) is 0 Å². The number of rotatable bonds is 0. The topological polar surface area (TPSA) is 60.7 Å². The summed E-state index contributed by atoms with van der Waals surface area (Å²) in [4.78, 5) is 0. The van der Waals surface area contributed by atoms with Gasteiger partial charge in [-0.3, -0.25) is 0 Å². The third-order valence-electron chi connectivity index (χ3n) is 0. The predicted octanol–water partition coefficient (Wildman–Crippen LogP) is -8.04. The van der Waals surface area contributed by atoms with Gasteiger partial charge in [0.15, 0.2) is 0 Å². The molecule has 0 aromatic carbocycles. The van der Waals surface area contributed by atoms with Gasteiger partial charge < -0.3 is 32.1 Å². The molecule has 0 rings (SSSR count). The first-order valence-electron chi connectivity index (χ1n) is 0.775. The first-order chi connectivity index (χ1) is 1.73. The summed E-state index contributed by atoms with van der Waals surface area (Å²) in [5.74, 6) is 0. The fourth-order valence-electron chi connectivity index (χ4n) is 0. The van der Waals surface area contributed by atoms with Crippen molar-refractivity contribution in [1.82, 2.24) is 0 Å². The fourth-order valence-corrected chi connectivity index (χ4v) is 0. The zero-order valence-electron chi connectivity index (χ0n) is 3.30. The second kappa shape index (κ2) is 9.39. The Morgan fingerprint density at radius 2 is 1.00 bits per heavy atom. The van der Waals surface area contributed by atoms with Crippen molar-refractivity contribution < 1.29 is 50.9 Å². The van der Waals surface area contributed by atoms with Gasteiger partial charge in [-0.2, -0.15) is 0 Å². The van der Waals surface area contributed by atoms with E-state index in [1.807, 2.05) is 0 Å². The zero-order chi connectivity index (χ0) is 3.58. The Morgan fingerprint density at radius 1 is 1.00 bits per heavy atom. The molecular weight excluding hydrogens is 146 g/mol. The predicted molar refractivity (Wildman–Crippen MR) is 12.4 cm³/mol. The monoisotopic (exact) mass is 148 g/mol. The van der Waals surface area contributed by atoms with E-state index < -0.39 is 7.32 Å². The maximum atomic E-state index is 7.17. The molecule has 0 saturated heterocycles. The molecule has 0 aliphatic carbocycles. The smallest absolute Gasteiger partial charge is 1.00 e. The summed E-state index contributed by atoms with van der Waals surface area (Å²) in [7, 11) is -2.17. The van der Waals surface area contributed by atoms with Gasteiger partial charge in [-0.15, -0.1) is 0 Å². The van der Waals surface area contributed by atoms with Crippen LogP contribution in [0.4, 0.5) is 0 Å². The Morgan fingerprint density at radius 3 is 1.00 bits per heavy atom. The average molecular weight is 149 g/mol. The summed E-state index contributed by atoms with van der Waals surface area (Å²) in [6, 6.07) is 0. The first kappa shape index (κ1) is 15.7. The van der Waals surface area contributed by atoms with Crippen molar-refractivity contribution in [3.63, 3.8) is 0 Å². The molecule has 0 fully saturated rings. The summed E-state index contributed by atoms with van der Waals surface area (Å²) in [6.45, 7) is 0. The molecule has 0 spiro atoms. The maximum absolute atomic E-state index is 7.17. The van der Waals surface area contributed by atoms with E-state index in [0.29, 0.717) is 0 Å². The average Bonchev–Trinajstić information content (AvgIpc) is 0.811. The van der Waals surface area contributed by atoms with Crippen molar-refractivity contribution in [2.45, 2.75) is 0 Å².